The van der Waals surface area contributed by atoms with Crippen LogP contribution in [-0.4, -0.2) is 48.4 Å². The lowest BCUT2D eigenvalue weighted by Crippen LogP contribution is -2.46. The Balaban J connectivity index is 1.85. The van der Waals surface area contributed by atoms with Crippen molar-refractivity contribution >= 4 is 5.91 Å². The van der Waals surface area contributed by atoms with Crippen molar-refractivity contribution in [2.45, 2.75) is 51.4 Å². The van der Waals surface area contributed by atoms with Gasteiger partial charge in [0.1, 0.15) is 0 Å². The number of likely N-dealkylation sites (tertiary alicyclic amines) is 2. The Kier molecular flexibility index (Phi) is 7.36. The molecule has 0 bridgehead atoms. The Bertz CT molecular complexity index is 457. The number of hydrogen-bond acceptors (Lipinski definition) is 4. The van der Waals surface area contributed by atoms with Gasteiger partial charge in [-0.15, -0.1) is 0 Å². The Labute approximate surface area is 139 Å². The largest absolute Gasteiger partial charge is 0.342 e. The number of nitriles is 2. The molecule has 0 unspecified atom stereocenters. The molecule has 2 aliphatic rings. The van der Waals surface area contributed by atoms with Crippen LogP contribution < -0.4 is 0 Å². The van der Waals surface area contributed by atoms with Crippen molar-refractivity contribution < 1.29 is 4.79 Å². The van der Waals surface area contributed by atoms with Crippen LogP contribution in [0.15, 0.2) is 0 Å². The van der Waals surface area contributed by atoms with Gasteiger partial charge in [-0.25, -0.2) is 0 Å². The third-order valence-electron chi connectivity index (χ3n) is 5.04. The summed E-state index contributed by atoms with van der Waals surface area (Å²) in [6, 6.07) is 4.43. The highest BCUT2D eigenvalue weighted by Crippen LogP contribution is 2.22. The molecular formula is C18H28N4O. The lowest BCUT2D eigenvalue weighted by Gasteiger charge is -2.35. The number of carbonyl (C=O) groups excluding carboxylic acids is 1. The first-order valence-corrected chi connectivity index (χ1v) is 9.02. The normalized spacial score (nSPS) is 24.3. The molecular weight excluding hydrogens is 288 g/mol. The van der Waals surface area contributed by atoms with E-state index in [1.54, 1.807) is 0 Å². The smallest absolute Gasteiger partial charge is 0.226 e. The van der Waals surface area contributed by atoms with E-state index >= 15 is 0 Å². The molecule has 0 radical (unpaired) electrons. The Hall–Kier alpha value is -1.59. The average molecular weight is 316 g/mol. The maximum absolute atomic E-state index is 12.8. The van der Waals surface area contributed by atoms with E-state index in [4.69, 9.17) is 5.26 Å². The minimum atomic E-state index is -0.0957. The molecule has 5 nitrogen and oxygen atoms in total. The third-order valence-corrected chi connectivity index (χ3v) is 5.04. The summed E-state index contributed by atoms with van der Waals surface area (Å²) < 4.78 is 0. The van der Waals surface area contributed by atoms with E-state index in [0.717, 1.165) is 51.9 Å². The molecule has 2 saturated heterocycles. The maximum Gasteiger partial charge on any atom is 0.226 e. The predicted octanol–water partition coefficient (Wildman–Crippen LogP) is 2.54. The van der Waals surface area contributed by atoms with Crippen LogP contribution in [0.1, 0.15) is 51.4 Å². The molecule has 2 aliphatic heterocycles. The van der Waals surface area contributed by atoms with E-state index in [-0.39, 0.29) is 11.8 Å². The fraction of sp³-hybridized carbons (Fsp3) is 0.833. The molecule has 2 atom stereocenters. The second kappa shape index (κ2) is 9.53. The molecule has 0 spiro atoms. The van der Waals surface area contributed by atoms with Gasteiger partial charge in [0.15, 0.2) is 0 Å². The van der Waals surface area contributed by atoms with Crippen molar-refractivity contribution in [3.05, 3.63) is 0 Å². The van der Waals surface area contributed by atoms with Gasteiger partial charge in [0.05, 0.1) is 24.0 Å². The summed E-state index contributed by atoms with van der Waals surface area (Å²) in [5.74, 6) is 0.320. The van der Waals surface area contributed by atoms with E-state index in [9.17, 15) is 10.1 Å². The number of rotatable bonds is 5. The first-order valence-electron chi connectivity index (χ1n) is 9.02. The number of hydrogen-bond donors (Lipinski definition) is 0. The van der Waals surface area contributed by atoms with E-state index in [2.05, 4.69) is 21.9 Å². The fourth-order valence-electron chi connectivity index (χ4n) is 3.72. The van der Waals surface area contributed by atoms with Crippen molar-refractivity contribution in [3.63, 3.8) is 0 Å². The number of carbonyl (C=O) groups is 1. The highest BCUT2D eigenvalue weighted by Gasteiger charge is 2.30. The van der Waals surface area contributed by atoms with Gasteiger partial charge in [0.2, 0.25) is 5.91 Å². The van der Waals surface area contributed by atoms with Crippen molar-refractivity contribution in [1.29, 1.82) is 10.5 Å². The minimum absolute atomic E-state index is 0.0946. The molecule has 0 aromatic carbocycles. The molecule has 5 heteroatoms. The highest BCUT2D eigenvalue weighted by molar-refractivity contribution is 5.79. The van der Waals surface area contributed by atoms with Crippen LogP contribution >= 0.6 is 0 Å². The first-order chi connectivity index (χ1) is 11.2. The number of nitrogens with zero attached hydrogens (tertiary/aromatic N) is 4. The van der Waals surface area contributed by atoms with Crippen LogP contribution in [0, 0.1) is 34.5 Å². The number of amides is 1. The third kappa shape index (κ3) is 5.52. The molecule has 1 amide bonds. The van der Waals surface area contributed by atoms with Crippen LogP contribution in [0.2, 0.25) is 0 Å². The first kappa shape index (κ1) is 17.8. The van der Waals surface area contributed by atoms with Crippen molar-refractivity contribution in [3.8, 4) is 12.1 Å². The Morgan fingerprint density at radius 2 is 1.83 bits per heavy atom. The summed E-state index contributed by atoms with van der Waals surface area (Å²) in [7, 11) is 0. The Morgan fingerprint density at radius 3 is 2.48 bits per heavy atom. The topological polar surface area (TPSA) is 71.1 Å². The van der Waals surface area contributed by atoms with Crippen LogP contribution in [0.5, 0.6) is 0 Å². The van der Waals surface area contributed by atoms with Crippen LogP contribution in [0.4, 0.5) is 0 Å². The molecule has 126 valence electrons. The molecule has 23 heavy (non-hydrogen) atoms. The lowest BCUT2D eigenvalue weighted by molar-refractivity contribution is -0.137. The zero-order valence-electron chi connectivity index (χ0n) is 14.0. The van der Waals surface area contributed by atoms with Gasteiger partial charge in [-0.2, -0.15) is 10.5 Å². The van der Waals surface area contributed by atoms with Crippen molar-refractivity contribution in [1.82, 2.24) is 9.80 Å². The van der Waals surface area contributed by atoms with E-state index in [0.29, 0.717) is 25.3 Å². The van der Waals surface area contributed by atoms with Crippen LogP contribution in [0.25, 0.3) is 0 Å². The second-order valence-electron chi connectivity index (χ2n) is 6.86. The average Bonchev–Trinajstić information content (AvgIpc) is 2.87. The standard InChI is InChI=1S/C18H28N4O/c19-9-5-7-16(13-20)14-21-10-6-8-17(15-21)18(23)22-11-3-1-2-4-12-22/h16-17H,1-8,10-12,14-15H2/t16-,17+/m0/s1. The van der Waals surface area contributed by atoms with E-state index < -0.39 is 0 Å². The molecule has 2 rings (SSSR count). The van der Waals surface area contributed by atoms with Gasteiger partial charge in [-0.05, 0) is 38.6 Å². The summed E-state index contributed by atoms with van der Waals surface area (Å²) in [4.78, 5) is 17.1. The van der Waals surface area contributed by atoms with Gasteiger partial charge >= 0.3 is 0 Å². The quantitative estimate of drug-likeness (QED) is 0.781. The minimum Gasteiger partial charge on any atom is -0.342 e. The van der Waals surface area contributed by atoms with Gasteiger partial charge in [-0.3, -0.25) is 4.79 Å². The van der Waals surface area contributed by atoms with Crippen molar-refractivity contribution in [2.75, 3.05) is 32.7 Å². The molecule has 0 aromatic heterocycles. The summed E-state index contributed by atoms with van der Waals surface area (Å²) in [5.41, 5.74) is 0. The zero-order chi connectivity index (χ0) is 16.5. The van der Waals surface area contributed by atoms with Gasteiger partial charge < -0.3 is 9.80 Å². The van der Waals surface area contributed by atoms with Gasteiger partial charge in [0.25, 0.3) is 0 Å². The van der Waals surface area contributed by atoms with Crippen LogP contribution in [0.3, 0.4) is 0 Å². The molecule has 2 fully saturated rings. The molecule has 0 N–H and O–H groups in total. The van der Waals surface area contributed by atoms with E-state index in [1.165, 1.54) is 12.8 Å². The molecule has 0 aliphatic carbocycles. The monoisotopic (exact) mass is 316 g/mol. The van der Waals surface area contributed by atoms with Gasteiger partial charge in [-0.1, -0.05) is 12.8 Å². The summed E-state index contributed by atoms with van der Waals surface area (Å²) in [5, 5.41) is 17.9. The highest BCUT2D eigenvalue weighted by atomic mass is 16.2. The molecule has 0 saturated carbocycles. The summed E-state index contributed by atoms with van der Waals surface area (Å²) in [6.45, 7) is 4.27. The molecule has 0 aromatic rings. The summed E-state index contributed by atoms with van der Waals surface area (Å²) >= 11 is 0. The molecule has 2 heterocycles. The summed E-state index contributed by atoms with van der Waals surface area (Å²) in [6.07, 6.45) is 7.81. The predicted molar refractivity (Wildman–Crippen MR) is 88.2 cm³/mol. The lowest BCUT2D eigenvalue weighted by atomic mass is 9.94. The maximum atomic E-state index is 12.8. The van der Waals surface area contributed by atoms with E-state index in [1.807, 2.05) is 0 Å². The van der Waals surface area contributed by atoms with Crippen LogP contribution in [-0.2, 0) is 4.79 Å². The zero-order valence-corrected chi connectivity index (χ0v) is 14.0. The fourth-order valence-corrected chi connectivity index (χ4v) is 3.72. The Morgan fingerprint density at radius 1 is 1.09 bits per heavy atom. The number of piperidine rings is 1. The second-order valence-corrected chi connectivity index (χ2v) is 6.86. The van der Waals surface area contributed by atoms with Crippen molar-refractivity contribution in [2.24, 2.45) is 11.8 Å². The van der Waals surface area contributed by atoms with Gasteiger partial charge in [0, 0.05) is 32.6 Å². The SMILES string of the molecule is N#CCC[C@@H](C#N)CN1CCC[C@@H](C(=O)N2CCCCCC2)C1.